The van der Waals surface area contributed by atoms with Crippen LogP contribution < -0.4 is 10.1 Å². The molecule has 1 N–H and O–H groups in total. The fraction of sp³-hybridized carbons (Fsp3) is 0.182. The smallest absolute Gasteiger partial charge is 0.226 e. The number of nitrogens with one attached hydrogen (secondary N) is 1. The van der Waals surface area contributed by atoms with Crippen LogP contribution in [0.5, 0.6) is 5.75 Å². The Morgan fingerprint density at radius 1 is 1.13 bits per heavy atom. The topological polar surface area (TPSA) is 88.6 Å². The normalized spacial score (nSPS) is 10.8. The molecule has 0 amide bonds. The minimum atomic E-state index is 0.130. The molecule has 0 radical (unpaired) electrons. The first-order valence-electron chi connectivity index (χ1n) is 9.28. The average Bonchev–Trinajstić information content (AvgIpc) is 3.13. The highest BCUT2D eigenvalue weighted by molar-refractivity contribution is 6.28. The number of benzene rings is 2. The number of hydrogen-bond donors (Lipinski definition) is 1. The number of imidazole rings is 1. The van der Waals surface area contributed by atoms with Crippen LogP contribution in [0.2, 0.25) is 5.28 Å². The van der Waals surface area contributed by atoms with Crippen LogP contribution in [0.4, 0.5) is 11.5 Å². The summed E-state index contributed by atoms with van der Waals surface area (Å²) in [6, 6.07) is 13.7. The highest BCUT2D eigenvalue weighted by Gasteiger charge is 2.15. The Labute approximate surface area is 178 Å². The molecule has 0 unspecified atom stereocenters. The SMILES string of the molecule is COc1ccc(Cn2cnc3c(Nc4c(C)cc(C#N)cc4C)nc(Cl)nc32)cc1. The average molecular weight is 419 g/mol. The van der Waals surface area contributed by atoms with Crippen molar-refractivity contribution >= 4 is 34.3 Å². The largest absolute Gasteiger partial charge is 0.497 e. The lowest BCUT2D eigenvalue weighted by atomic mass is 10.0. The lowest BCUT2D eigenvalue weighted by Crippen LogP contribution is -2.03. The van der Waals surface area contributed by atoms with Gasteiger partial charge in [0.25, 0.3) is 0 Å². The molecule has 2 aromatic heterocycles. The summed E-state index contributed by atoms with van der Waals surface area (Å²) < 4.78 is 7.14. The van der Waals surface area contributed by atoms with Crippen molar-refractivity contribution in [3.63, 3.8) is 0 Å². The summed E-state index contributed by atoms with van der Waals surface area (Å²) in [7, 11) is 1.64. The van der Waals surface area contributed by atoms with Crippen molar-refractivity contribution < 1.29 is 4.74 Å². The molecule has 0 aliphatic carbocycles. The van der Waals surface area contributed by atoms with E-state index in [-0.39, 0.29) is 5.28 Å². The van der Waals surface area contributed by atoms with Crippen LogP contribution in [0, 0.1) is 25.2 Å². The summed E-state index contributed by atoms with van der Waals surface area (Å²) in [5, 5.41) is 12.6. The van der Waals surface area contributed by atoms with Gasteiger partial charge in [-0.2, -0.15) is 15.2 Å². The molecule has 2 aromatic carbocycles. The van der Waals surface area contributed by atoms with Crippen LogP contribution in [-0.4, -0.2) is 26.6 Å². The predicted molar refractivity (Wildman–Crippen MR) is 116 cm³/mol. The van der Waals surface area contributed by atoms with Crippen molar-refractivity contribution in [1.29, 1.82) is 5.26 Å². The predicted octanol–water partition coefficient (Wildman–Crippen LogP) is 4.77. The van der Waals surface area contributed by atoms with Gasteiger partial charge in [0.2, 0.25) is 5.28 Å². The molecule has 0 saturated heterocycles. The third-order valence-corrected chi connectivity index (χ3v) is 5.02. The van der Waals surface area contributed by atoms with Gasteiger partial charge in [0.1, 0.15) is 5.75 Å². The molecule has 0 aliphatic rings. The molecule has 2 heterocycles. The maximum Gasteiger partial charge on any atom is 0.226 e. The fourth-order valence-corrected chi connectivity index (χ4v) is 3.56. The number of aryl methyl sites for hydroxylation is 2. The van der Waals surface area contributed by atoms with E-state index in [1.54, 1.807) is 13.4 Å². The second-order valence-electron chi connectivity index (χ2n) is 6.96. The van der Waals surface area contributed by atoms with Crippen molar-refractivity contribution in [2.45, 2.75) is 20.4 Å². The number of anilines is 2. The molecule has 0 saturated carbocycles. The summed E-state index contributed by atoms with van der Waals surface area (Å²) in [4.78, 5) is 13.3. The van der Waals surface area contributed by atoms with E-state index in [2.05, 4.69) is 26.3 Å². The molecule has 30 heavy (non-hydrogen) atoms. The van der Waals surface area contributed by atoms with Gasteiger partial charge in [0.05, 0.1) is 31.6 Å². The summed E-state index contributed by atoms with van der Waals surface area (Å²) >= 11 is 6.23. The molecular weight excluding hydrogens is 400 g/mol. The second-order valence-corrected chi connectivity index (χ2v) is 7.29. The summed E-state index contributed by atoms with van der Waals surface area (Å²) in [6.45, 7) is 4.47. The standard InChI is InChI=1S/C22H19ClN6O/c1-13-8-16(10-24)9-14(2)18(13)26-20-19-21(28-22(23)27-20)29(12-25-19)11-15-4-6-17(30-3)7-5-15/h4-9,12H,11H2,1-3H3,(H,26,27,28). The lowest BCUT2D eigenvalue weighted by molar-refractivity contribution is 0.414. The maximum absolute atomic E-state index is 9.17. The Morgan fingerprint density at radius 3 is 2.47 bits per heavy atom. The number of fused-ring (bicyclic) bond motifs is 1. The Morgan fingerprint density at radius 2 is 1.83 bits per heavy atom. The van der Waals surface area contributed by atoms with E-state index in [1.165, 1.54) is 0 Å². The first kappa shape index (κ1) is 19.7. The van der Waals surface area contributed by atoms with Gasteiger partial charge in [-0.25, -0.2) is 4.98 Å². The number of halogens is 1. The van der Waals surface area contributed by atoms with Gasteiger partial charge < -0.3 is 14.6 Å². The van der Waals surface area contributed by atoms with Crippen molar-refractivity contribution in [2.24, 2.45) is 0 Å². The number of methoxy groups -OCH3 is 1. The zero-order chi connectivity index (χ0) is 21.3. The first-order chi connectivity index (χ1) is 14.5. The van der Waals surface area contributed by atoms with E-state index in [4.69, 9.17) is 21.6 Å². The van der Waals surface area contributed by atoms with Crippen molar-refractivity contribution in [2.75, 3.05) is 12.4 Å². The van der Waals surface area contributed by atoms with Crippen LogP contribution in [0.1, 0.15) is 22.3 Å². The number of hydrogen-bond acceptors (Lipinski definition) is 6. The van der Waals surface area contributed by atoms with Crippen LogP contribution in [0.15, 0.2) is 42.7 Å². The zero-order valence-electron chi connectivity index (χ0n) is 16.8. The quantitative estimate of drug-likeness (QED) is 0.469. The molecule has 0 atom stereocenters. The van der Waals surface area contributed by atoms with E-state index in [9.17, 15) is 0 Å². The monoisotopic (exact) mass is 418 g/mol. The number of nitrogens with zero attached hydrogens (tertiary/aromatic N) is 5. The Hall–Kier alpha value is -3.63. The summed E-state index contributed by atoms with van der Waals surface area (Å²) in [6.07, 6.45) is 1.73. The molecule has 0 spiro atoms. The van der Waals surface area contributed by atoms with Crippen LogP contribution in [0.3, 0.4) is 0 Å². The van der Waals surface area contributed by atoms with Crippen LogP contribution in [-0.2, 0) is 6.54 Å². The number of aromatic nitrogens is 4. The molecule has 150 valence electrons. The summed E-state index contributed by atoms with van der Waals surface area (Å²) in [5.74, 6) is 1.33. The Balaban J connectivity index is 1.71. The van der Waals surface area contributed by atoms with E-state index < -0.39 is 0 Å². The minimum absolute atomic E-state index is 0.130. The highest BCUT2D eigenvalue weighted by atomic mass is 35.5. The lowest BCUT2D eigenvalue weighted by Gasteiger charge is -2.13. The van der Waals surface area contributed by atoms with Crippen LogP contribution in [0.25, 0.3) is 11.2 Å². The van der Waals surface area contributed by atoms with Gasteiger partial charge in [-0.15, -0.1) is 0 Å². The van der Waals surface area contributed by atoms with Crippen LogP contribution >= 0.6 is 11.6 Å². The third kappa shape index (κ3) is 3.78. The molecule has 0 fully saturated rings. The minimum Gasteiger partial charge on any atom is -0.497 e. The van der Waals surface area contributed by atoms with Gasteiger partial charge in [-0.1, -0.05) is 12.1 Å². The van der Waals surface area contributed by atoms with Gasteiger partial charge >= 0.3 is 0 Å². The van der Waals surface area contributed by atoms with Gasteiger partial charge in [-0.05, 0) is 66.4 Å². The molecule has 4 aromatic rings. The van der Waals surface area contributed by atoms with E-state index in [1.807, 2.05) is 54.8 Å². The number of nitriles is 1. The van der Waals surface area contributed by atoms with E-state index in [0.717, 1.165) is 28.1 Å². The van der Waals surface area contributed by atoms with E-state index >= 15 is 0 Å². The highest BCUT2D eigenvalue weighted by Crippen LogP contribution is 2.29. The zero-order valence-corrected chi connectivity index (χ0v) is 17.5. The van der Waals surface area contributed by atoms with Crippen molar-refractivity contribution in [3.05, 3.63) is 70.3 Å². The van der Waals surface area contributed by atoms with Gasteiger partial charge in [-0.3, -0.25) is 0 Å². The third-order valence-electron chi connectivity index (χ3n) is 4.85. The maximum atomic E-state index is 9.17. The fourth-order valence-electron chi connectivity index (χ4n) is 3.39. The molecule has 0 aliphatic heterocycles. The molecule has 7 nitrogen and oxygen atoms in total. The summed E-state index contributed by atoms with van der Waals surface area (Å²) in [5.41, 5.74) is 5.70. The van der Waals surface area contributed by atoms with Gasteiger partial charge in [0, 0.05) is 5.69 Å². The molecular formula is C22H19ClN6O. The Bertz CT molecular complexity index is 1250. The number of rotatable bonds is 5. The Kier molecular flexibility index (Phi) is 5.25. The van der Waals surface area contributed by atoms with Gasteiger partial charge in [0.15, 0.2) is 17.0 Å². The molecule has 8 heteroatoms. The van der Waals surface area contributed by atoms with E-state index in [0.29, 0.717) is 29.1 Å². The van der Waals surface area contributed by atoms with Crippen molar-refractivity contribution in [1.82, 2.24) is 19.5 Å². The molecule has 0 bridgehead atoms. The number of ether oxygens (including phenoxy) is 1. The second kappa shape index (κ2) is 8.01. The van der Waals surface area contributed by atoms with Crippen molar-refractivity contribution in [3.8, 4) is 11.8 Å². The molecule has 4 rings (SSSR count). The first-order valence-corrected chi connectivity index (χ1v) is 9.66.